The number of nitrogens with zero attached hydrogens (tertiary/aromatic N) is 2. The van der Waals surface area contributed by atoms with Crippen molar-refractivity contribution in [2.45, 2.75) is 31.7 Å². The summed E-state index contributed by atoms with van der Waals surface area (Å²) in [7, 11) is 0. The molecule has 0 atom stereocenters. The van der Waals surface area contributed by atoms with E-state index >= 15 is 0 Å². The lowest BCUT2D eigenvalue weighted by Gasteiger charge is -2.28. The molecule has 0 spiro atoms. The number of carbonyl (C=O) groups is 1. The van der Waals surface area contributed by atoms with E-state index in [1.165, 1.54) is 12.8 Å². The molecule has 2 fully saturated rings. The van der Waals surface area contributed by atoms with Crippen LogP contribution in [0.15, 0.2) is 18.3 Å². The van der Waals surface area contributed by atoms with Crippen LogP contribution in [0.1, 0.15) is 36.2 Å². The lowest BCUT2D eigenvalue weighted by molar-refractivity contribution is 0.0932. The lowest BCUT2D eigenvalue weighted by Crippen LogP contribution is -2.36. The van der Waals surface area contributed by atoms with Crippen LogP contribution < -0.4 is 10.2 Å². The highest BCUT2D eigenvalue weighted by molar-refractivity contribution is 5.92. The van der Waals surface area contributed by atoms with Crippen LogP contribution in [0.25, 0.3) is 0 Å². The van der Waals surface area contributed by atoms with Gasteiger partial charge in [-0.25, -0.2) is 4.98 Å². The third kappa shape index (κ3) is 3.10. The second kappa shape index (κ2) is 6.22. The van der Waals surface area contributed by atoms with Crippen molar-refractivity contribution in [3.63, 3.8) is 0 Å². The Hall–Kier alpha value is -1.62. The first-order chi connectivity index (χ1) is 9.83. The molecule has 2 heterocycles. The quantitative estimate of drug-likeness (QED) is 0.910. The number of amides is 1. The summed E-state index contributed by atoms with van der Waals surface area (Å²) in [6, 6.07) is 4.12. The fourth-order valence-electron chi connectivity index (χ4n) is 2.86. The molecule has 2 aliphatic rings. The van der Waals surface area contributed by atoms with Crippen LogP contribution >= 0.6 is 0 Å². The third-order valence-corrected chi connectivity index (χ3v) is 4.05. The first-order valence-electron chi connectivity index (χ1n) is 7.42. The van der Waals surface area contributed by atoms with E-state index in [1.54, 1.807) is 6.20 Å². The van der Waals surface area contributed by atoms with Gasteiger partial charge in [-0.1, -0.05) is 12.8 Å². The van der Waals surface area contributed by atoms with E-state index < -0.39 is 0 Å². The second-order valence-electron chi connectivity index (χ2n) is 5.46. The number of ether oxygens (including phenoxy) is 1. The van der Waals surface area contributed by atoms with Gasteiger partial charge in [-0.2, -0.15) is 0 Å². The summed E-state index contributed by atoms with van der Waals surface area (Å²) in [6.45, 7) is 3.28. The van der Waals surface area contributed by atoms with Gasteiger partial charge in [-0.15, -0.1) is 0 Å². The Balaban J connectivity index is 1.61. The van der Waals surface area contributed by atoms with Crippen molar-refractivity contribution < 1.29 is 9.53 Å². The molecule has 3 rings (SSSR count). The Morgan fingerprint density at radius 1 is 1.25 bits per heavy atom. The minimum atomic E-state index is -0.0505. The number of carbonyl (C=O) groups excluding carboxylic acids is 1. The van der Waals surface area contributed by atoms with Gasteiger partial charge >= 0.3 is 0 Å². The monoisotopic (exact) mass is 275 g/mol. The van der Waals surface area contributed by atoms with Crippen molar-refractivity contribution in [1.82, 2.24) is 10.3 Å². The van der Waals surface area contributed by atoms with Crippen molar-refractivity contribution in [1.29, 1.82) is 0 Å². The molecule has 1 aliphatic carbocycles. The molecule has 5 nitrogen and oxygen atoms in total. The van der Waals surface area contributed by atoms with Crippen LogP contribution in [0.2, 0.25) is 0 Å². The molecule has 0 bridgehead atoms. The fourth-order valence-corrected chi connectivity index (χ4v) is 2.86. The van der Waals surface area contributed by atoms with E-state index in [-0.39, 0.29) is 5.91 Å². The number of hydrogen-bond acceptors (Lipinski definition) is 4. The van der Waals surface area contributed by atoms with Gasteiger partial charge in [0.15, 0.2) is 0 Å². The average Bonchev–Trinajstić information content (AvgIpc) is 3.01. The van der Waals surface area contributed by atoms with Crippen LogP contribution in [0.4, 0.5) is 5.69 Å². The molecule has 108 valence electrons. The van der Waals surface area contributed by atoms with E-state index in [1.807, 2.05) is 12.1 Å². The van der Waals surface area contributed by atoms with Gasteiger partial charge in [0, 0.05) is 19.1 Å². The summed E-state index contributed by atoms with van der Waals surface area (Å²) in [4.78, 5) is 18.6. The summed E-state index contributed by atoms with van der Waals surface area (Å²) in [5, 5.41) is 3.06. The van der Waals surface area contributed by atoms with Gasteiger partial charge in [0.1, 0.15) is 5.69 Å². The predicted octanol–water partition coefficient (Wildman–Crippen LogP) is 1.59. The smallest absolute Gasteiger partial charge is 0.270 e. The summed E-state index contributed by atoms with van der Waals surface area (Å²) in [5.41, 5.74) is 1.57. The minimum absolute atomic E-state index is 0.0505. The Morgan fingerprint density at radius 2 is 2.00 bits per heavy atom. The molecule has 1 saturated carbocycles. The second-order valence-corrected chi connectivity index (χ2v) is 5.46. The van der Waals surface area contributed by atoms with E-state index in [0.29, 0.717) is 11.7 Å². The van der Waals surface area contributed by atoms with Crippen molar-refractivity contribution in [3.8, 4) is 0 Å². The number of anilines is 1. The van der Waals surface area contributed by atoms with Crippen molar-refractivity contribution in [2.24, 2.45) is 0 Å². The molecular weight excluding hydrogens is 254 g/mol. The van der Waals surface area contributed by atoms with Crippen molar-refractivity contribution in [3.05, 3.63) is 24.0 Å². The molecule has 5 heteroatoms. The molecule has 1 amide bonds. The number of rotatable bonds is 3. The normalized spacial score (nSPS) is 20.1. The molecule has 1 aromatic rings. The highest BCUT2D eigenvalue weighted by Crippen LogP contribution is 2.18. The zero-order chi connectivity index (χ0) is 13.8. The lowest BCUT2D eigenvalue weighted by atomic mass is 10.2. The standard InChI is InChI=1S/C15H21N3O2/c19-15(17-12-3-1-2-4-12)14-6-5-13(11-16-14)18-7-9-20-10-8-18/h5-6,11-12H,1-4,7-10H2,(H,17,19). The largest absolute Gasteiger partial charge is 0.378 e. The Bertz CT molecular complexity index is 449. The number of morpholine rings is 1. The average molecular weight is 275 g/mol. The van der Waals surface area contributed by atoms with Gasteiger partial charge < -0.3 is 15.0 Å². The molecule has 0 unspecified atom stereocenters. The molecule has 1 aliphatic heterocycles. The predicted molar refractivity (Wildman–Crippen MR) is 77.0 cm³/mol. The van der Waals surface area contributed by atoms with E-state index in [0.717, 1.165) is 44.8 Å². The molecule has 0 aromatic carbocycles. The maximum atomic E-state index is 12.1. The highest BCUT2D eigenvalue weighted by atomic mass is 16.5. The Kier molecular flexibility index (Phi) is 4.16. The van der Waals surface area contributed by atoms with Gasteiger partial charge in [-0.3, -0.25) is 4.79 Å². The first kappa shape index (κ1) is 13.4. The van der Waals surface area contributed by atoms with E-state index in [2.05, 4.69) is 15.2 Å². The summed E-state index contributed by atoms with van der Waals surface area (Å²) >= 11 is 0. The first-order valence-corrected chi connectivity index (χ1v) is 7.42. The van der Waals surface area contributed by atoms with E-state index in [4.69, 9.17) is 4.74 Å². The van der Waals surface area contributed by atoms with Crippen LogP contribution in [0, 0.1) is 0 Å². The molecule has 1 aromatic heterocycles. The highest BCUT2D eigenvalue weighted by Gasteiger charge is 2.19. The van der Waals surface area contributed by atoms with Gasteiger partial charge in [-0.05, 0) is 25.0 Å². The topological polar surface area (TPSA) is 54.5 Å². The van der Waals surface area contributed by atoms with Gasteiger partial charge in [0.2, 0.25) is 0 Å². The maximum absolute atomic E-state index is 12.1. The minimum Gasteiger partial charge on any atom is -0.378 e. The zero-order valence-electron chi connectivity index (χ0n) is 11.7. The Morgan fingerprint density at radius 3 is 2.65 bits per heavy atom. The maximum Gasteiger partial charge on any atom is 0.270 e. The van der Waals surface area contributed by atoms with Gasteiger partial charge in [0.25, 0.3) is 5.91 Å². The van der Waals surface area contributed by atoms with Crippen LogP contribution in [0.5, 0.6) is 0 Å². The summed E-state index contributed by atoms with van der Waals surface area (Å²) in [5.74, 6) is -0.0505. The zero-order valence-corrected chi connectivity index (χ0v) is 11.7. The van der Waals surface area contributed by atoms with Crippen LogP contribution in [0.3, 0.4) is 0 Å². The van der Waals surface area contributed by atoms with Gasteiger partial charge in [0.05, 0.1) is 25.1 Å². The number of nitrogens with one attached hydrogen (secondary N) is 1. The molecule has 1 N–H and O–H groups in total. The number of hydrogen-bond donors (Lipinski definition) is 1. The molecule has 20 heavy (non-hydrogen) atoms. The molecular formula is C15H21N3O2. The van der Waals surface area contributed by atoms with Crippen LogP contribution in [-0.2, 0) is 4.74 Å². The summed E-state index contributed by atoms with van der Waals surface area (Å²) in [6.07, 6.45) is 6.41. The number of pyridine rings is 1. The van der Waals surface area contributed by atoms with E-state index in [9.17, 15) is 4.79 Å². The SMILES string of the molecule is O=C(NC1CCCC1)c1ccc(N2CCOCC2)cn1. The number of aromatic nitrogens is 1. The molecule has 0 radical (unpaired) electrons. The fraction of sp³-hybridized carbons (Fsp3) is 0.600. The molecule has 1 saturated heterocycles. The summed E-state index contributed by atoms with van der Waals surface area (Å²) < 4.78 is 5.33. The van der Waals surface area contributed by atoms with Crippen molar-refractivity contribution >= 4 is 11.6 Å². The third-order valence-electron chi connectivity index (χ3n) is 4.05. The van der Waals surface area contributed by atoms with Crippen LogP contribution in [-0.4, -0.2) is 43.2 Å². The van der Waals surface area contributed by atoms with Crippen molar-refractivity contribution in [2.75, 3.05) is 31.2 Å². The Labute approximate surface area is 119 Å².